The Morgan fingerprint density at radius 2 is 1.60 bits per heavy atom. The van der Waals surface area contributed by atoms with Gasteiger partial charge in [0.2, 0.25) is 0 Å². The maximum atomic E-state index is 13.4. The second-order valence-corrected chi connectivity index (χ2v) is 8.23. The summed E-state index contributed by atoms with van der Waals surface area (Å²) in [4.78, 5) is 25.0. The molecule has 4 nitrogen and oxygen atoms in total. The van der Waals surface area contributed by atoms with Crippen LogP contribution in [0.5, 0.6) is 0 Å². The number of methoxy groups -OCH3 is 1. The normalized spacial score (nSPS) is 18.9. The molecule has 0 aromatic heterocycles. The summed E-state index contributed by atoms with van der Waals surface area (Å²) in [6.45, 7) is 0. The maximum absolute atomic E-state index is 13.4. The molecule has 35 heavy (non-hydrogen) atoms. The van der Waals surface area contributed by atoms with Gasteiger partial charge in [0.15, 0.2) is 0 Å². The number of esters is 1. The molecule has 1 aliphatic rings. The summed E-state index contributed by atoms with van der Waals surface area (Å²) in [5.41, 5.74) is -3.80. The van der Waals surface area contributed by atoms with Gasteiger partial charge in [-0.15, -0.1) is 0 Å². The van der Waals surface area contributed by atoms with Crippen molar-refractivity contribution < 1.29 is 45.1 Å². The van der Waals surface area contributed by atoms with Crippen molar-refractivity contribution in [1.82, 2.24) is 5.32 Å². The smallest absolute Gasteiger partial charge is 0.416 e. The summed E-state index contributed by atoms with van der Waals surface area (Å²) < 4.78 is 96.8. The monoisotopic (exact) mass is 523 g/mol. The molecule has 3 unspecified atom stereocenters. The van der Waals surface area contributed by atoms with Crippen LogP contribution in [0.15, 0.2) is 48.6 Å². The molecule has 0 spiro atoms. The molecule has 1 aliphatic carbocycles. The molecule has 2 aromatic carbocycles. The van der Waals surface area contributed by atoms with Crippen LogP contribution in [0.25, 0.3) is 0 Å². The van der Waals surface area contributed by atoms with Gasteiger partial charge in [0.25, 0.3) is 5.91 Å². The quantitative estimate of drug-likeness (QED) is 0.291. The maximum Gasteiger partial charge on any atom is 0.416 e. The number of hydrogen-bond donors (Lipinski definition) is 1. The van der Waals surface area contributed by atoms with Crippen LogP contribution in [0.2, 0.25) is 5.02 Å². The van der Waals surface area contributed by atoms with Crippen LogP contribution >= 0.6 is 11.6 Å². The van der Waals surface area contributed by atoms with Crippen LogP contribution in [0.4, 0.5) is 30.7 Å². The van der Waals surface area contributed by atoms with E-state index < -0.39 is 64.6 Å². The van der Waals surface area contributed by atoms with E-state index in [4.69, 9.17) is 16.3 Å². The number of halogens is 8. The van der Waals surface area contributed by atoms with Gasteiger partial charge in [-0.2, -0.15) is 26.3 Å². The van der Waals surface area contributed by atoms with Gasteiger partial charge in [-0.05, 0) is 48.2 Å². The molecule has 0 saturated heterocycles. The van der Waals surface area contributed by atoms with E-state index in [9.17, 15) is 40.3 Å². The number of carbonyl (C=O) groups is 2. The zero-order valence-corrected chi connectivity index (χ0v) is 18.6. The second kappa shape index (κ2) is 9.88. The van der Waals surface area contributed by atoms with E-state index in [1.54, 1.807) is 6.08 Å². The van der Waals surface area contributed by atoms with Crippen LogP contribution in [-0.4, -0.2) is 25.0 Å². The largest absolute Gasteiger partial charge is 0.469 e. The van der Waals surface area contributed by atoms with Crippen LogP contribution in [0.1, 0.15) is 39.4 Å². The first kappa shape index (κ1) is 26.5. The average Bonchev–Trinajstić information content (AvgIpc) is 3.21. The van der Waals surface area contributed by atoms with E-state index in [1.807, 2.05) is 0 Å². The standard InChI is InChI=1S/C23H17ClF7NO3/c1-35-21(34)19(17-5-3-15(25)10-18(17)24)11-2-4-16(8-11)32-20(33)12-6-13(22(26,27)28)9-14(7-12)23(29,30)31/h2-7,9-11,16,19H,8H2,1H3,(H,32,33). The Morgan fingerprint density at radius 3 is 2.11 bits per heavy atom. The molecule has 12 heteroatoms. The van der Waals surface area contributed by atoms with E-state index in [1.165, 1.54) is 12.1 Å². The van der Waals surface area contributed by atoms with Gasteiger partial charge >= 0.3 is 18.3 Å². The number of benzene rings is 2. The number of alkyl halides is 6. The lowest BCUT2D eigenvalue weighted by molar-refractivity contribution is -0.144. The highest BCUT2D eigenvalue weighted by atomic mass is 35.5. The Hall–Kier alpha value is -3.08. The molecule has 3 rings (SSSR count). The first-order valence-corrected chi connectivity index (χ1v) is 10.4. The van der Waals surface area contributed by atoms with Crippen molar-refractivity contribution in [3.8, 4) is 0 Å². The fourth-order valence-corrected chi connectivity index (χ4v) is 4.12. The minimum Gasteiger partial charge on any atom is -0.469 e. The number of ether oxygens (including phenoxy) is 1. The van der Waals surface area contributed by atoms with Gasteiger partial charge in [0, 0.05) is 16.6 Å². The van der Waals surface area contributed by atoms with Crippen LogP contribution in [-0.2, 0) is 21.9 Å². The number of rotatable bonds is 5. The summed E-state index contributed by atoms with van der Waals surface area (Å²) in [6.07, 6.45) is -7.15. The van der Waals surface area contributed by atoms with Gasteiger partial charge < -0.3 is 10.1 Å². The minimum absolute atomic E-state index is 0.0371. The van der Waals surface area contributed by atoms with Crippen LogP contribution < -0.4 is 5.32 Å². The molecule has 1 amide bonds. The average molecular weight is 524 g/mol. The van der Waals surface area contributed by atoms with Crippen molar-refractivity contribution in [3.63, 3.8) is 0 Å². The molecule has 0 aliphatic heterocycles. The Kier molecular flexibility index (Phi) is 7.49. The fraction of sp³-hybridized carbons (Fsp3) is 0.304. The summed E-state index contributed by atoms with van der Waals surface area (Å²) in [6, 6.07) is 3.18. The first-order valence-electron chi connectivity index (χ1n) is 10.0. The summed E-state index contributed by atoms with van der Waals surface area (Å²) in [7, 11) is 1.14. The highest BCUT2D eigenvalue weighted by molar-refractivity contribution is 6.31. The number of amides is 1. The van der Waals surface area contributed by atoms with Gasteiger partial charge in [-0.1, -0.05) is 29.8 Å². The SMILES string of the molecule is COC(=O)C(c1ccc(F)cc1Cl)C1C=CC(NC(=O)c2cc(C(F)(F)F)cc(C(F)(F)F)c2)C1. The van der Waals surface area contributed by atoms with Crippen molar-refractivity contribution in [2.24, 2.45) is 5.92 Å². The molecular weight excluding hydrogens is 507 g/mol. The summed E-state index contributed by atoms with van der Waals surface area (Å²) in [5.74, 6) is -4.09. The van der Waals surface area contributed by atoms with Crippen LogP contribution in [0.3, 0.4) is 0 Å². The number of allylic oxidation sites excluding steroid dienone is 1. The number of hydrogen-bond acceptors (Lipinski definition) is 3. The predicted molar refractivity (Wildman–Crippen MR) is 111 cm³/mol. The third-order valence-corrected chi connectivity index (χ3v) is 5.79. The van der Waals surface area contributed by atoms with Crippen LogP contribution in [0, 0.1) is 11.7 Å². The molecule has 0 fully saturated rings. The Morgan fingerprint density at radius 1 is 1.00 bits per heavy atom. The lowest BCUT2D eigenvalue weighted by atomic mass is 9.85. The summed E-state index contributed by atoms with van der Waals surface area (Å²) in [5, 5.41) is 2.33. The minimum atomic E-state index is -5.10. The van der Waals surface area contributed by atoms with Crippen molar-refractivity contribution in [2.75, 3.05) is 7.11 Å². The molecule has 2 aromatic rings. The van der Waals surface area contributed by atoms with Crippen molar-refractivity contribution >= 4 is 23.5 Å². The summed E-state index contributed by atoms with van der Waals surface area (Å²) >= 11 is 6.08. The molecule has 1 N–H and O–H groups in total. The number of carbonyl (C=O) groups excluding carboxylic acids is 2. The van der Waals surface area contributed by atoms with Crippen molar-refractivity contribution in [3.05, 3.63) is 81.6 Å². The molecule has 3 atom stereocenters. The first-order chi connectivity index (χ1) is 16.2. The molecule has 0 heterocycles. The molecular formula is C23H17ClF7NO3. The third-order valence-electron chi connectivity index (χ3n) is 5.46. The molecule has 188 valence electrons. The third kappa shape index (κ3) is 6.14. The predicted octanol–water partition coefficient (Wildman–Crippen LogP) is 6.15. The zero-order valence-electron chi connectivity index (χ0n) is 17.8. The molecule has 0 bridgehead atoms. The topological polar surface area (TPSA) is 55.4 Å². The zero-order chi connectivity index (χ0) is 26.1. The van der Waals surface area contributed by atoms with Gasteiger partial charge in [-0.3, -0.25) is 9.59 Å². The van der Waals surface area contributed by atoms with Gasteiger partial charge in [-0.25, -0.2) is 4.39 Å². The highest BCUT2D eigenvalue weighted by Crippen LogP contribution is 2.39. The fourth-order valence-electron chi connectivity index (χ4n) is 3.83. The van der Waals surface area contributed by atoms with E-state index >= 15 is 0 Å². The Labute approximate surface area is 199 Å². The Balaban J connectivity index is 1.82. The van der Waals surface area contributed by atoms with E-state index in [2.05, 4.69) is 5.32 Å². The van der Waals surface area contributed by atoms with Gasteiger partial charge in [0.05, 0.1) is 24.2 Å². The highest BCUT2D eigenvalue weighted by Gasteiger charge is 2.38. The lowest BCUT2D eigenvalue weighted by Crippen LogP contribution is -2.34. The van der Waals surface area contributed by atoms with E-state index in [0.717, 1.165) is 19.2 Å². The van der Waals surface area contributed by atoms with Crippen molar-refractivity contribution in [2.45, 2.75) is 30.7 Å². The molecule has 0 radical (unpaired) electrons. The number of nitrogens with one attached hydrogen (secondary N) is 1. The van der Waals surface area contributed by atoms with E-state index in [0.29, 0.717) is 12.1 Å². The Bertz CT molecular complexity index is 1130. The van der Waals surface area contributed by atoms with E-state index in [-0.39, 0.29) is 23.1 Å². The molecule has 0 saturated carbocycles. The van der Waals surface area contributed by atoms with Crippen molar-refractivity contribution in [1.29, 1.82) is 0 Å². The lowest BCUT2D eigenvalue weighted by Gasteiger charge is -2.23. The second-order valence-electron chi connectivity index (χ2n) is 7.83. The van der Waals surface area contributed by atoms with Gasteiger partial charge in [0.1, 0.15) is 5.82 Å².